The first-order chi connectivity index (χ1) is 13.7. The second-order valence-electron chi connectivity index (χ2n) is 7.07. The Hall–Kier alpha value is -2.47. The summed E-state index contributed by atoms with van der Waals surface area (Å²) < 4.78 is 11.7. The van der Waals surface area contributed by atoms with E-state index in [2.05, 4.69) is 52.3 Å². The fraction of sp³-hybridized carbons (Fsp3) is 0.500. The molecule has 28 heavy (non-hydrogen) atoms. The zero-order chi connectivity index (χ0) is 19.8. The highest BCUT2D eigenvalue weighted by Gasteiger charge is 2.15. The van der Waals surface area contributed by atoms with Gasteiger partial charge in [-0.2, -0.15) is 0 Å². The van der Waals surface area contributed by atoms with Crippen molar-refractivity contribution in [3.8, 4) is 11.5 Å². The van der Waals surface area contributed by atoms with Gasteiger partial charge in [-0.1, -0.05) is 19.1 Å². The Bertz CT molecular complexity index is 728. The van der Waals surface area contributed by atoms with Crippen molar-refractivity contribution in [3.63, 3.8) is 0 Å². The Balaban J connectivity index is 1.64. The van der Waals surface area contributed by atoms with Gasteiger partial charge in [0.25, 0.3) is 0 Å². The molecule has 0 unspecified atom stereocenters. The van der Waals surface area contributed by atoms with Crippen LogP contribution in [-0.2, 0) is 6.54 Å². The lowest BCUT2D eigenvalue weighted by Crippen LogP contribution is -2.44. The number of hydrogen-bond donors (Lipinski definition) is 1. The van der Waals surface area contributed by atoms with Gasteiger partial charge in [0, 0.05) is 38.3 Å². The van der Waals surface area contributed by atoms with Crippen LogP contribution in [0.5, 0.6) is 11.5 Å². The number of aromatic nitrogens is 1. The highest BCUT2D eigenvalue weighted by Crippen LogP contribution is 2.32. The Kier molecular flexibility index (Phi) is 7.37. The molecule has 2 aromatic rings. The predicted octanol–water partition coefficient (Wildman–Crippen LogP) is 3.63. The van der Waals surface area contributed by atoms with Crippen LogP contribution in [0.3, 0.4) is 0 Å². The third-order valence-electron chi connectivity index (χ3n) is 4.87. The van der Waals surface area contributed by atoms with Crippen molar-refractivity contribution in [2.24, 2.45) is 0 Å². The minimum atomic E-state index is 0.622. The summed E-state index contributed by atoms with van der Waals surface area (Å²) in [6.45, 7) is 10.3. The molecule has 6 nitrogen and oxygen atoms in total. The van der Waals surface area contributed by atoms with Crippen LogP contribution in [0.25, 0.3) is 0 Å². The van der Waals surface area contributed by atoms with Crippen molar-refractivity contribution in [1.29, 1.82) is 0 Å². The highest BCUT2D eigenvalue weighted by molar-refractivity contribution is 5.52. The number of ether oxygens (including phenoxy) is 2. The molecule has 3 rings (SSSR count). The zero-order valence-corrected chi connectivity index (χ0v) is 17.3. The van der Waals surface area contributed by atoms with E-state index in [-0.39, 0.29) is 0 Å². The Labute approximate surface area is 168 Å². The standard InChI is InChI=1S/C22H32N4O2/c1-4-15-28-22-18(7-6-8-20(22)27-5-2)16-23-19-9-10-21(24-17-19)26-13-11-25(3)12-14-26/h6-10,17,23H,4-5,11-16H2,1-3H3. The van der Waals surface area contributed by atoms with Gasteiger partial charge in [-0.25, -0.2) is 4.98 Å². The first kappa shape index (κ1) is 20.3. The van der Waals surface area contributed by atoms with E-state index in [1.54, 1.807) is 0 Å². The molecule has 1 aliphatic rings. The molecule has 0 bridgehead atoms. The molecule has 1 N–H and O–H groups in total. The Morgan fingerprint density at radius 3 is 2.54 bits per heavy atom. The number of hydrogen-bond acceptors (Lipinski definition) is 6. The number of nitrogens with zero attached hydrogens (tertiary/aromatic N) is 3. The molecule has 1 aromatic carbocycles. The van der Waals surface area contributed by atoms with Crippen LogP contribution in [0, 0.1) is 0 Å². The lowest BCUT2D eigenvalue weighted by molar-refractivity contribution is 0.274. The SMILES string of the molecule is CCCOc1c(CNc2ccc(N3CCN(C)CC3)nc2)cccc1OCC. The average molecular weight is 385 g/mol. The van der Waals surface area contributed by atoms with Crippen LogP contribution >= 0.6 is 0 Å². The molecule has 1 aliphatic heterocycles. The average Bonchev–Trinajstić information content (AvgIpc) is 2.73. The summed E-state index contributed by atoms with van der Waals surface area (Å²) in [6.07, 6.45) is 2.87. The van der Waals surface area contributed by atoms with E-state index in [0.29, 0.717) is 19.8 Å². The van der Waals surface area contributed by atoms with Crippen molar-refractivity contribution in [3.05, 3.63) is 42.1 Å². The molecule has 0 atom stereocenters. The lowest BCUT2D eigenvalue weighted by Gasteiger charge is -2.33. The number of nitrogens with one attached hydrogen (secondary N) is 1. The van der Waals surface area contributed by atoms with Gasteiger partial charge in [0.2, 0.25) is 0 Å². The summed E-state index contributed by atoms with van der Waals surface area (Å²) in [4.78, 5) is 9.34. The maximum absolute atomic E-state index is 5.97. The molecular weight excluding hydrogens is 352 g/mol. The molecule has 0 spiro atoms. The van der Waals surface area contributed by atoms with Gasteiger partial charge >= 0.3 is 0 Å². The van der Waals surface area contributed by atoms with Gasteiger partial charge in [-0.05, 0) is 38.6 Å². The number of piperazine rings is 1. The van der Waals surface area contributed by atoms with Crippen LogP contribution in [-0.4, -0.2) is 56.3 Å². The summed E-state index contributed by atoms with van der Waals surface area (Å²) in [5, 5.41) is 3.46. The number of rotatable bonds is 9. The fourth-order valence-corrected chi connectivity index (χ4v) is 3.25. The summed E-state index contributed by atoms with van der Waals surface area (Å²) in [6, 6.07) is 10.2. The van der Waals surface area contributed by atoms with Gasteiger partial charge in [0.05, 0.1) is 25.1 Å². The van der Waals surface area contributed by atoms with Gasteiger partial charge in [0.15, 0.2) is 11.5 Å². The van der Waals surface area contributed by atoms with E-state index >= 15 is 0 Å². The van der Waals surface area contributed by atoms with Crippen molar-refractivity contribution >= 4 is 11.5 Å². The van der Waals surface area contributed by atoms with E-state index in [9.17, 15) is 0 Å². The molecule has 2 heterocycles. The van der Waals surface area contributed by atoms with E-state index in [1.165, 1.54) is 0 Å². The molecular formula is C22H32N4O2. The van der Waals surface area contributed by atoms with Gasteiger partial charge in [0.1, 0.15) is 5.82 Å². The van der Waals surface area contributed by atoms with Crippen LogP contribution in [0.1, 0.15) is 25.8 Å². The van der Waals surface area contributed by atoms with E-state index in [0.717, 1.165) is 61.2 Å². The molecule has 152 valence electrons. The van der Waals surface area contributed by atoms with E-state index in [4.69, 9.17) is 9.47 Å². The monoisotopic (exact) mass is 384 g/mol. The fourth-order valence-electron chi connectivity index (χ4n) is 3.25. The van der Waals surface area contributed by atoms with E-state index in [1.807, 2.05) is 25.3 Å². The zero-order valence-electron chi connectivity index (χ0n) is 17.3. The maximum Gasteiger partial charge on any atom is 0.166 e. The maximum atomic E-state index is 5.97. The first-order valence-electron chi connectivity index (χ1n) is 10.2. The molecule has 1 fully saturated rings. The smallest absolute Gasteiger partial charge is 0.166 e. The highest BCUT2D eigenvalue weighted by atomic mass is 16.5. The van der Waals surface area contributed by atoms with Crippen LogP contribution in [0.4, 0.5) is 11.5 Å². The van der Waals surface area contributed by atoms with Crippen LogP contribution in [0.2, 0.25) is 0 Å². The van der Waals surface area contributed by atoms with Crippen molar-refractivity contribution in [2.45, 2.75) is 26.8 Å². The first-order valence-corrected chi connectivity index (χ1v) is 10.2. The molecule has 6 heteroatoms. The van der Waals surface area contributed by atoms with Gasteiger partial charge in [-0.3, -0.25) is 0 Å². The summed E-state index contributed by atoms with van der Waals surface area (Å²) in [5.74, 6) is 2.68. The molecule has 0 saturated carbocycles. The molecule has 1 saturated heterocycles. The molecule has 0 amide bonds. The topological polar surface area (TPSA) is 49.9 Å². The third-order valence-corrected chi connectivity index (χ3v) is 4.87. The number of likely N-dealkylation sites (N-methyl/N-ethyl adjacent to an activating group) is 1. The largest absolute Gasteiger partial charge is 0.490 e. The van der Waals surface area contributed by atoms with E-state index < -0.39 is 0 Å². The number of anilines is 2. The van der Waals surface area contributed by atoms with Crippen molar-refractivity contribution in [1.82, 2.24) is 9.88 Å². The molecule has 0 aliphatic carbocycles. The quantitative estimate of drug-likeness (QED) is 0.712. The summed E-state index contributed by atoms with van der Waals surface area (Å²) in [7, 11) is 2.16. The van der Waals surface area contributed by atoms with Crippen LogP contribution < -0.4 is 19.7 Å². The van der Waals surface area contributed by atoms with Crippen LogP contribution in [0.15, 0.2) is 36.5 Å². The molecule has 0 radical (unpaired) electrons. The molecule has 1 aromatic heterocycles. The Morgan fingerprint density at radius 2 is 1.86 bits per heavy atom. The second-order valence-corrected chi connectivity index (χ2v) is 7.07. The normalized spacial score (nSPS) is 14.8. The summed E-state index contributed by atoms with van der Waals surface area (Å²) in [5.41, 5.74) is 2.09. The predicted molar refractivity (Wildman–Crippen MR) is 115 cm³/mol. The Morgan fingerprint density at radius 1 is 1.04 bits per heavy atom. The lowest BCUT2D eigenvalue weighted by atomic mass is 10.1. The minimum Gasteiger partial charge on any atom is -0.490 e. The third kappa shape index (κ3) is 5.29. The minimum absolute atomic E-state index is 0.622. The summed E-state index contributed by atoms with van der Waals surface area (Å²) >= 11 is 0. The van der Waals surface area contributed by atoms with Gasteiger partial charge in [-0.15, -0.1) is 0 Å². The second kappa shape index (κ2) is 10.2. The van der Waals surface area contributed by atoms with Crippen molar-refractivity contribution in [2.75, 3.05) is 56.7 Å². The number of benzene rings is 1. The number of para-hydroxylation sites is 1. The van der Waals surface area contributed by atoms with Gasteiger partial charge < -0.3 is 24.6 Å². The number of pyridine rings is 1. The van der Waals surface area contributed by atoms with Crippen molar-refractivity contribution < 1.29 is 9.47 Å².